The van der Waals surface area contributed by atoms with E-state index in [1.54, 1.807) is 19.0 Å². The zero-order valence-electron chi connectivity index (χ0n) is 13.3. The second-order valence-electron chi connectivity index (χ2n) is 5.47. The van der Waals surface area contributed by atoms with Crippen LogP contribution in [0.2, 0.25) is 0 Å². The average Bonchev–Trinajstić information content (AvgIpc) is 2.52. The molecule has 1 aliphatic rings. The van der Waals surface area contributed by atoms with Gasteiger partial charge >= 0.3 is 0 Å². The van der Waals surface area contributed by atoms with Gasteiger partial charge in [0.15, 0.2) is 0 Å². The maximum Gasteiger partial charge on any atom is 0.227 e. The lowest BCUT2D eigenvalue weighted by Gasteiger charge is -2.14. The van der Waals surface area contributed by atoms with E-state index in [4.69, 9.17) is 0 Å². The maximum atomic E-state index is 12.1. The molecule has 5 heteroatoms. The molecule has 0 bridgehead atoms. The molecule has 122 valence electrons. The Kier molecular flexibility index (Phi) is 8.18. The number of alkyl halides is 1. The molecule has 0 aromatic heterocycles. The standard InChI is InChI=1S/C17H25FN2O2/c1-20(2)16(21)10-5-3-4-7-14-8-6-9-15(13-14)17(22)19-12-11-18/h4,6-8,13,15H,3,5,9-12H2,1-2H3,(H,19,22)/b7-4-. The molecule has 0 saturated carbocycles. The minimum Gasteiger partial charge on any atom is -0.353 e. The molecule has 0 fully saturated rings. The summed E-state index contributed by atoms with van der Waals surface area (Å²) >= 11 is 0. The number of nitrogens with zero attached hydrogens (tertiary/aromatic N) is 1. The molecule has 22 heavy (non-hydrogen) atoms. The molecule has 0 radical (unpaired) electrons. The summed E-state index contributed by atoms with van der Waals surface area (Å²) in [6.07, 6.45) is 12.6. The van der Waals surface area contributed by atoms with E-state index < -0.39 is 6.67 Å². The normalized spacial score (nSPS) is 17.4. The number of amides is 2. The molecule has 1 N–H and O–H groups in total. The summed E-state index contributed by atoms with van der Waals surface area (Å²) < 4.78 is 12.1. The van der Waals surface area contributed by atoms with E-state index in [0.29, 0.717) is 12.8 Å². The van der Waals surface area contributed by atoms with E-state index in [9.17, 15) is 14.0 Å². The summed E-state index contributed by atoms with van der Waals surface area (Å²) in [7, 11) is 3.51. The van der Waals surface area contributed by atoms with Crippen LogP contribution in [-0.2, 0) is 9.59 Å². The fourth-order valence-electron chi connectivity index (χ4n) is 2.12. The van der Waals surface area contributed by atoms with Gasteiger partial charge in [0.1, 0.15) is 6.67 Å². The van der Waals surface area contributed by atoms with Gasteiger partial charge in [-0.15, -0.1) is 0 Å². The van der Waals surface area contributed by atoms with Crippen molar-refractivity contribution in [2.75, 3.05) is 27.3 Å². The molecule has 0 saturated heterocycles. The first-order chi connectivity index (χ1) is 10.5. The van der Waals surface area contributed by atoms with Crippen molar-refractivity contribution in [3.8, 4) is 0 Å². The zero-order valence-corrected chi connectivity index (χ0v) is 13.3. The SMILES string of the molecule is CN(C)C(=O)CCC/C=C\C1=CC(C(=O)NCCF)CC=C1. The second-order valence-corrected chi connectivity index (χ2v) is 5.47. The van der Waals surface area contributed by atoms with Gasteiger partial charge in [0, 0.05) is 27.1 Å². The summed E-state index contributed by atoms with van der Waals surface area (Å²) in [5, 5.41) is 2.56. The highest BCUT2D eigenvalue weighted by atomic mass is 19.1. The third-order valence-electron chi connectivity index (χ3n) is 3.39. The van der Waals surface area contributed by atoms with Crippen molar-refractivity contribution in [3.05, 3.63) is 36.0 Å². The van der Waals surface area contributed by atoms with Gasteiger partial charge in [-0.1, -0.05) is 30.4 Å². The topological polar surface area (TPSA) is 49.4 Å². The Hall–Kier alpha value is -1.91. The predicted molar refractivity (Wildman–Crippen MR) is 86.0 cm³/mol. The molecule has 2 amide bonds. The molecule has 1 aliphatic carbocycles. The van der Waals surface area contributed by atoms with Crippen molar-refractivity contribution in [2.24, 2.45) is 5.92 Å². The Morgan fingerprint density at radius 3 is 2.91 bits per heavy atom. The van der Waals surface area contributed by atoms with Gasteiger partial charge in [0.25, 0.3) is 0 Å². The van der Waals surface area contributed by atoms with E-state index >= 15 is 0 Å². The van der Waals surface area contributed by atoms with Crippen LogP contribution in [0.1, 0.15) is 25.7 Å². The quantitative estimate of drug-likeness (QED) is 0.700. The average molecular weight is 308 g/mol. The molecule has 0 aromatic rings. The van der Waals surface area contributed by atoms with Crippen LogP contribution in [0, 0.1) is 5.92 Å². The van der Waals surface area contributed by atoms with Crippen LogP contribution in [0.15, 0.2) is 36.0 Å². The first-order valence-corrected chi connectivity index (χ1v) is 7.63. The Labute approximate surface area is 131 Å². The monoisotopic (exact) mass is 308 g/mol. The van der Waals surface area contributed by atoms with Gasteiger partial charge < -0.3 is 10.2 Å². The molecule has 0 heterocycles. The number of rotatable bonds is 8. The summed E-state index contributed by atoms with van der Waals surface area (Å²) in [6, 6.07) is 0. The highest BCUT2D eigenvalue weighted by Crippen LogP contribution is 2.18. The highest BCUT2D eigenvalue weighted by Gasteiger charge is 2.16. The van der Waals surface area contributed by atoms with Crippen LogP contribution >= 0.6 is 0 Å². The molecular formula is C17H25FN2O2. The summed E-state index contributed by atoms with van der Waals surface area (Å²) in [6.45, 7) is -0.478. The number of hydrogen-bond donors (Lipinski definition) is 1. The first kappa shape index (κ1) is 18.1. The molecule has 1 rings (SSSR count). The van der Waals surface area contributed by atoms with E-state index in [0.717, 1.165) is 18.4 Å². The lowest BCUT2D eigenvalue weighted by atomic mass is 9.95. The van der Waals surface area contributed by atoms with E-state index in [1.807, 2.05) is 30.4 Å². The molecule has 1 unspecified atom stereocenters. The van der Waals surface area contributed by atoms with E-state index in [1.165, 1.54) is 0 Å². The number of halogens is 1. The minimum atomic E-state index is -0.545. The summed E-state index contributed by atoms with van der Waals surface area (Å²) in [5.74, 6) is -0.231. The van der Waals surface area contributed by atoms with Crippen LogP contribution in [0.3, 0.4) is 0 Å². The van der Waals surface area contributed by atoms with Gasteiger partial charge in [0.05, 0.1) is 5.92 Å². The molecule has 0 aromatic carbocycles. The zero-order chi connectivity index (χ0) is 16.4. The van der Waals surface area contributed by atoms with E-state index in [-0.39, 0.29) is 24.3 Å². The van der Waals surface area contributed by atoms with Gasteiger partial charge in [-0.3, -0.25) is 9.59 Å². The predicted octanol–water partition coefficient (Wildman–Crippen LogP) is 2.39. The number of carbonyl (C=O) groups excluding carboxylic acids is 2. The third-order valence-corrected chi connectivity index (χ3v) is 3.39. The van der Waals surface area contributed by atoms with Gasteiger partial charge in [-0.2, -0.15) is 0 Å². The number of nitrogens with one attached hydrogen (secondary N) is 1. The third kappa shape index (κ3) is 6.70. The molecule has 0 spiro atoms. The summed E-state index contributed by atoms with van der Waals surface area (Å²) in [5.41, 5.74) is 0.977. The lowest BCUT2D eigenvalue weighted by Crippen LogP contribution is -2.31. The van der Waals surface area contributed by atoms with Crippen LogP contribution < -0.4 is 5.32 Å². The molecule has 4 nitrogen and oxygen atoms in total. The fourth-order valence-corrected chi connectivity index (χ4v) is 2.12. The van der Waals surface area contributed by atoms with Gasteiger partial charge in [-0.05, 0) is 24.8 Å². The Balaban J connectivity index is 2.39. The van der Waals surface area contributed by atoms with Crippen LogP contribution in [0.25, 0.3) is 0 Å². The van der Waals surface area contributed by atoms with Crippen molar-refractivity contribution < 1.29 is 14.0 Å². The van der Waals surface area contributed by atoms with Crippen LogP contribution in [-0.4, -0.2) is 44.0 Å². The minimum absolute atomic E-state index is 0.0674. The number of unbranched alkanes of at least 4 members (excludes halogenated alkanes) is 1. The van der Waals surface area contributed by atoms with Crippen molar-refractivity contribution in [1.29, 1.82) is 0 Å². The Morgan fingerprint density at radius 1 is 1.45 bits per heavy atom. The Morgan fingerprint density at radius 2 is 2.23 bits per heavy atom. The largest absolute Gasteiger partial charge is 0.353 e. The smallest absolute Gasteiger partial charge is 0.227 e. The van der Waals surface area contributed by atoms with Crippen molar-refractivity contribution in [3.63, 3.8) is 0 Å². The second kappa shape index (κ2) is 9.92. The number of hydrogen-bond acceptors (Lipinski definition) is 2. The maximum absolute atomic E-state index is 12.1. The summed E-state index contributed by atoms with van der Waals surface area (Å²) in [4.78, 5) is 24.8. The first-order valence-electron chi connectivity index (χ1n) is 7.63. The highest BCUT2D eigenvalue weighted by molar-refractivity contribution is 5.81. The van der Waals surface area contributed by atoms with Crippen LogP contribution in [0.5, 0.6) is 0 Å². The van der Waals surface area contributed by atoms with Gasteiger partial charge in [-0.25, -0.2) is 4.39 Å². The van der Waals surface area contributed by atoms with E-state index in [2.05, 4.69) is 5.32 Å². The number of carbonyl (C=O) groups is 2. The Bertz CT molecular complexity index is 467. The molecular weight excluding hydrogens is 283 g/mol. The van der Waals surface area contributed by atoms with Gasteiger partial charge in [0.2, 0.25) is 11.8 Å². The lowest BCUT2D eigenvalue weighted by molar-refractivity contribution is -0.128. The van der Waals surface area contributed by atoms with Crippen molar-refractivity contribution >= 4 is 11.8 Å². The molecule has 0 aliphatic heterocycles. The van der Waals surface area contributed by atoms with Crippen molar-refractivity contribution in [2.45, 2.75) is 25.7 Å². The fraction of sp³-hybridized carbons (Fsp3) is 0.529. The molecule has 1 atom stereocenters. The van der Waals surface area contributed by atoms with Crippen LogP contribution in [0.4, 0.5) is 4.39 Å². The van der Waals surface area contributed by atoms with Crippen molar-refractivity contribution in [1.82, 2.24) is 10.2 Å². The number of allylic oxidation sites excluding steroid dienone is 5.